The van der Waals surface area contributed by atoms with E-state index in [1.165, 1.54) is 39.5 Å². The molecule has 0 bridgehead atoms. The predicted molar refractivity (Wildman–Crippen MR) is 152 cm³/mol. The summed E-state index contributed by atoms with van der Waals surface area (Å²) in [7, 11) is 3.74. The normalized spacial score (nSPS) is 13.1. The van der Waals surface area contributed by atoms with Crippen LogP contribution in [0.5, 0.6) is 17.2 Å². The number of phenols is 3. The van der Waals surface area contributed by atoms with Crippen molar-refractivity contribution in [3.8, 4) is 17.2 Å². The Hall–Kier alpha value is -4.53. The zero-order valence-corrected chi connectivity index (χ0v) is 23.8. The second-order valence-corrected chi connectivity index (χ2v) is 9.98. The molecule has 0 fully saturated rings. The number of hydrogen-bond acceptors (Lipinski definition) is 9. The lowest BCUT2D eigenvalue weighted by atomic mass is 9.77. The van der Waals surface area contributed by atoms with Crippen LogP contribution >= 0.6 is 0 Å². The average molecular weight is 565 g/mol. The molecular weight excluding hydrogens is 528 g/mol. The van der Waals surface area contributed by atoms with E-state index in [0.29, 0.717) is 19.3 Å². The van der Waals surface area contributed by atoms with Crippen LogP contribution in [0, 0.1) is 0 Å². The fraction of sp³-hybridized carbons (Fsp3) is 0.344. The molecule has 3 aromatic rings. The standard InChI is InChI=1S/C32H36O9/c1-6-19(21-8-11-28(34)25(16-21)31(37)40-4)14-23(22-9-12-29(35)26(17-22)32(38)41-5)13-18(2)20-7-10-27(33)24(15-20)30(36)39-3/h7-12,15-19,23,33-35H,6,13-14H2,1-5H3. The number of methoxy groups -OCH3 is 3. The molecule has 0 aliphatic rings. The Morgan fingerprint density at radius 2 is 0.976 bits per heavy atom. The minimum Gasteiger partial charge on any atom is -0.507 e. The summed E-state index contributed by atoms with van der Waals surface area (Å²) in [5.74, 6) is -2.77. The minimum absolute atomic E-state index is 0.0444. The molecule has 3 rings (SSSR count). The van der Waals surface area contributed by atoms with Gasteiger partial charge in [-0.3, -0.25) is 0 Å². The van der Waals surface area contributed by atoms with Crippen molar-refractivity contribution in [1.29, 1.82) is 0 Å². The van der Waals surface area contributed by atoms with Crippen LogP contribution in [0.15, 0.2) is 54.6 Å². The molecular formula is C32H36O9. The number of carbonyl (C=O) groups excluding carboxylic acids is 3. The molecule has 3 atom stereocenters. The van der Waals surface area contributed by atoms with Crippen molar-refractivity contribution < 1.29 is 43.9 Å². The van der Waals surface area contributed by atoms with E-state index >= 15 is 0 Å². The number of phenolic OH excluding ortho intramolecular Hbond substituents is 3. The smallest absolute Gasteiger partial charge is 0.341 e. The number of carbonyl (C=O) groups is 3. The van der Waals surface area contributed by atoms with Crippen molar-refractivity contribution in [2.75, 3.05) is 21.3 Å². The molecule has 0 aromatic heterocycles. The van der Waals surface area contributed by atoms with E-state index in [-0.39, 0.29) is 51.7 Å². The first-order chi connectivity index (χ1) is 19.5. The van der Waals surface area contributed by atoms with Crippen molar-refractivity contribution >= 4 is 17.9 Å². The van der Waals surface area contributed by atoms with E-state index in [4.69, 9.17) is 14.2 Å². The molecule has 0 spiro atoms. The molecule has 9 heteroatoms. The van der Waals surface area contributed by atoms with Crippen LogP contribution in [0.3, 0.4) is 0 Å². The summed E-state index contributed by atoms with van der Waals surface area (Å²) in [5.41, 5.74) is 2.64. The fourth-order valence-electron chi connectivity index (χ4n) is 5.11. The molecule has 0 saturated heterocycles. The monoisotopic (exact) mass is 564 g/mol. The summed E-state index contributed by atoms with van der Waals surface area (Å²) < 4.78 is 14.5. The quantitative estimate of drug-likeness (QED) is 0.188. The number of esters is 3. The van der Waals surface area contributed by atoms with E-state index in [9.17, 15) is 29.7 Å². The van der Waals surface area contributed by atoms with Gasteiger partial charge in [-0.05, 0) is 90.1 Å². The lowest BCUT2D eigenvalue weighted by Gasteiger charge is -2.27. The molecule has 3 N–H and O–H groups in total. The Balaban J connectivity index is 2.05. The first-order valence-corrected chi connectivity index (χ1v) is 13.3. The number of benzene rings is 3. The number of rotatable bonds is 11. The highest BCUT2D eigenvalue weighted by molar-refractivity contribution is 5.93. The molecule has 0 heterocycles. The Morgan fingerprint density at radius 1 is 0.610 bits per heavy atom. The summed E-state index contributed by atoms with van der Waals surface area (Å²) in [4.78, 5) is 36.8. The Kier molecular flexibility index (Phi) is 10.4. The van der Waals surface area contributed by atoms with Gasteiger partial charge < -0.3 is 29.5 Å². The molecule has 0 saturated carbocycles. The topological polar surface area (TPSA) is 140 Å². The van der Waals surface area contributed by atoms with Gasteiger partial charge in [-0.2, -0.15) is 0 Å². The maximum absolute atomic E-state index is 12.4. The van der Waals surface area contributed by atoms with E-state index in [1.807, 2.05) is 13.8 Å². The third kappa shape index (κ3) is 7.16. The van der Waals surface area contributed by atoms with E-state index < -0.39 is 17.9 Å². The van der Waals surface area contributed by atoms with Gasteiger partial charge in [0.25, 0.3) is 0 Å². The van der Waals surface area contributed by atoms with Crippen LogP contribution < -0.4 is 0 Å². The van der Waals surface area contributed by atoms with Crippen molar-refractivity contribution in [2.24, 2.45) is 0 Å². The lowest BCUT2D eigenvalue weighted by molar-refractivity contribution is 0.0588. The van der Waals surface area contributed by atoms with Crippen LogP contribution in [-0.2, 0) is 14.2 Å². The molecule has 9 nitrogen and oxygen atoms in total. The lowest BCUT2D eigenvalue weighted by Crippen LogP contribution is -2.12. The molecule has 0 aliphatic heterocycles. The second kappa shape index (κ2) is 13.7. The van der Waals surface area contributed by atoms with Gasteiger partial charge in [-0.15, -0.1) is 0 Å². The Morgan fingerprint density at radius 3 is 1.37 bits per heavy atom. The van der Waals surface area contributed by atoms with Crippen LogP contribution in [-0.4, -0.2) is 54.6 Å². The van der Waals surface area contributed by atoms with Crippen molar-refractivity contribution in [3.05, 3.63) is 88.0 Å². The van der Waals surface area contributed by atoms with Crippen molar-refractivity contribution in [2.45, 2.75) is 50.9 Å². The fourth-order valence-corrected chi connectivity index (χ4v) is 5.11. The Labute approximate surface area is 239 Å². The Bertz CT molecular complexity index is 1410. The van der Waals surface area contributed by atoms with Gasteiger partial charge in [0.05, 0.1) is 21.3 Å². The van der Waals surface area contributed by atoms with Gasteiger partial charge in [-0.25, -0.2) is 14.4 Å². The summed E-state index contributed by atoms with van der Waals surface area (Å²) in [6.45, 7) is 4.02. The molecule has 3 unspecified atom stereocenters. The van der Waals surface area contributed by atoms with E-state index in [1.54, 1.807) is 36.4 Å². The maximum atomic E-state index is 12.4. The third-order valence-corrected chi connectivity index (χ3v) is 7.49. The molecule has 218 valence electrons. The van der Waals surface area contributed by atoms with Crippen LogP contribution in [0.1, 0.15) is 98.6 Å². The highest BCUT2D eigenvalue weighted by Crippen LogP contribution is 2.41. The van der Waals surface area contributed by atoms with E-state index in [2.05, 4.69) is 0 Å². The number of aromatic hydroxyl groups is 3. The van der Waals surface area contributed by atoms with Gasteiger partial charge in [0.2, 0.25) is 0 Å². The first-order valence-electron chi connectivity index (χ1n) is 13.3. The summed E-state index contributed by atoms with van der Waals surface area (Å²) >= 11 is 0. The van der Waals surface area contributed by atoms with Crippen molar-refractivity contribution in [1.82, 2.24) is 0 Å². The van der Waals surface area contributed by atoms with Gasteiger partial charge in [-0.1, -0.05) is 32.0 Å². The van der Waals surface area contributed by atoms with Crippen LogP contribution in [0.4, 0.5) is 0 Å². The molecule has 3 aromatic carbocycles. The highest BCUT2D eigenvalue weighted by atomic mass is 16.5. The largest absolute Gasteiger partial charge is 0.507 e. The summed E-state index contributed by atoms with van der Waals surface area (Å²) in [6, 6.07) is 14.6. The van der Waals surface area contributed by atoms with Gasteiger partial charge >= 0.3 is 17.9 Å². The highest BCUT2D eigenvalue weighted by Gasteiger charge is 2.26. The molecule has 41 heavy (non-hydrogen) atoms. The molecule has 0 amide bonds. The number of ether oxygens (including phenoxy) is 3. The molecule has 0 radical (unpaired) electrons. The predicted octanol–water partition coefficient (Wildman–Crippen LogP) is 6.02. The number of hydrogen-bond donors (Lipinski definition) is 3. The van der Waals surface area contributed by atoms with Crippen LogP contribution in [0.25, 0.3) is 0 Å². The third-order valence-electron chi connectivity index (χ3n) is 7.49. The van der Waals surface area contributed by atoms with Gasteiger partial charge in [0.15, 0.2) is 0 Å². The zero-order valence-electron chi connectivity index (χ0n) is 23.8. The van der Waals surface area contributed by atoms with Gasteiger partial charge in [0, 0.05) is 0 Å². The van der Waals surface area contributed by atoms with Crippen LogP contribution in [0.2, 0.25) is 0 Å². The van der Waals surface area contributed by atoms with Gasteiger partial charge in [0.1, 0.15) is 33.9 Å². The average Bonchev–Trinajstić information content (AvgIpc) is 2.98. The maximum Gasteiger partial charge on any atom is 0.341 e. The van der Waals surface area contributed by atoms with Crippen molar-refractivity contribution in [3.63, 3.8) is 0 Å². The first kappa shape index (κ1) is 31.0. The molecule has 0 aliphatic carbocycles. The summed E-state index contributed by atoms with van der Waals surface area (Å²) in [5, 5.41) is 30.7. The minimum atomic E-state index is -0.661. The SMILES string of the molecule is CCC(CC(CC(C)c1ccc(O)c(C(=O)OC)c1)c1ccc(O)c(C(=O)OC)c1)c1ccc(O)c(C(=O)OC)c1. The van der Waals surface area contributed by atoms with E-state index in [0.717, 1.165) is 16.7 Å². The zero-order chi connectivity index (χ0) is 30.3. The second-order valence-electron chi connectivity index (χ2n) is 9.98. The summed E-state index contributed by atoms with van der Waals surface area (Å²) in [6.07, 6.45) is 1.89.